The minimum absolute atomic E-state index is 0.0682. The molecule has 1 aliphatic rings. The fourth-order valence-electron chi connectivity index (χ4n) is 3.41. The Morgan fingerprint density at radius 2 is 1.58 bits per heavy atom. The zero-order chi connectivity index (χ0) is 18.7. The lowest BCUT2D eigenvalue weighted by Crippen LogP contribution is -2.40. The number of hydrogen-bond donors (Lipinski definition) is 3. The van der Waals surface area contributed by atoms with Gasteiger partial charge in [0.1, 0.15) is 0 Å². The summed E-state index contributed by atoms with van der Waals surface area (Å²) in [6, 6.07) is 10.2. The molecule has 2 unspecified atom stereocenters. The van der Waals surface area contributed by atoms with Crippen LogP contribution < -0.4 is 9.47 Å². The summed E-state index contributed by atoms with van der Waals surface area (Å²) in [6.07, 6.45) is 0.992. The van der Waals surface area contributed by atoms with Crippen LogP contribution in [0.25, 0.3) is 0 Å². The van der Waals surface area contributed by atoms with Gasteiger partial charge in [-0.3, -0.25) is 0 Å². The molecule has 6 nitrogen and oxygen atoms in total. The fraction of sp³-hybridized carbons (Fsp3) is 0.400. The molecular formula is C20H24O6. The van der Waals surface area contributed by atoms with Gasteiger partial charge in [-0.25, -0.2) is 0 Å². The lowest BCUT2D eigenvalue weighted by molar-refractivity contribution is 0.00140. The molecular weight excluding hydrogens is 336 g/mol. The Morgan fingerprint density at radius 3 is 2.19 bits per heavy atom. The van der Waals surface area contributed by atoms with E-state index in [9.17, 15) is 15.3 Å². The highest BCUT2D eigenvalue weighted by Gasteiger charge is 2.42. The Balaban J connectivity index is 1.78. The Labute approximate surface area is 152 Å². The number of hydrogen-bond acceptors (Lipinski definition) is 6. The van der Waals surface area contributed by atoms with Crippen LogP contribution in [-0.2, 0) is 17.6 Å². The number of benzene rings is 2. The van der Waals surface area contributed by atoms with Crippen LogP contribution in [0, 0.1) is 5.92 Å². The number of phenols is 2. The van der Waals surface area contributed by atoms with Crippen LogP contribution in [0.4, 0.5) is 0 Å². The normalized spacial score (nSPS) is 22.3. The summed E-state index contributed by atoms with van der Waals surface area (Å²) in [5, 5.41) is 30.6. The van der Waals surface area contributed by atoms with E-state index in [1.807, 2.05) is 6.07 Å². The fourth-order valence-corrected chi connectivity index (χ4v) is 3.41. The standard InChI is InChI=1S/C20H24O6/c1-24-18-8-13(3-5-16(18)21)7-15-11-26-12-20(15,23)10-14-4-6-17(22)19(9-14)25-2/h3-6,8-9,15,21-23H,7,10-12H2,1-2H3. The molecule has 140 valence electrons. The summed E-state index contributed by atoms with van der Waals surface area (Å²) >= 11 is 0. The third-order valence-electron chi connectivity index (χ3n) is 4.91. The van der Waals surface area contributed by atoms with Gasteiger partial charge in [0.2, 0.25) is 0 Å². The monoisotopic (exact) mass is 360 g/mol. The first-order valence-electron chi connectivity index (χ1n) is 8.47. The summed E-state index contributed by atoms with van der Waals surface area (Å²) in [4.78, 5) is 0. The Kier molecular flexibility index (Phi) is 5.25. The zero-order valence-corrected chi connectivity index (χ0v) is 14.9. The van der Waals surface area contributed by atoms with E-state index in [0.29, 0.717) is 30.9 Å². The molecule has 2 aromatic carbocycles. The van der Waals surface area contributed by atoms with E-state index in [2.05, 4.69) is 0 Å². The van der Waals surface area contributed by atoms with Crippen LogP contribution in [0.2, 0.25) is 0 Å². The number of aromatic hydroxyl groups is 2. The lowest BCUT2D eigenvalue weighted by atomic mass is 9.81. The molecule has 6 heteroatoms. The van der Waals surface area contributed by atoms with Crippen molar-refractivity contribution in [3.63, 3.8) is 0 Å². The van der Waals surface area contributed by atoms with Gasteiger partial charge in [-0.1, -0.05) is 12.1 Å². The Morgan fingerprint density at radius 1 is 1.00 bits per heavy atom. The lowest BCUT2D eigenvalue weighted by Gasteiger charge is -2.28. The SMILES string of the molecule is COc1cc(CC2COCC2(O)Cc2ccc(O)c(OC)c2)ccc1O. The first-order chi connectivity index (χ1) is 12.4. The molecule has 0 aromatic heterocycles. The average molecular weight is 360 g/mol. The van der Waals surface area contributed by atoms with Crippen molar-refractivity contribution < 1.29 is 29.5 Å². The van der Waals surface area contributed by atoms with E-state index in [4.69, 9.17) is 14.2 Å². The second-order valence-corrected chi connectivity index (χ2v) is 6.71. The van der Waals surface area contributed by atoms with Gasteiger partial charge in [-0.2, -0.15) is 0 Å². The molecule has 1 fully saturated rings. The molecule has 0 amide bonds. The van der Waals surface area contributed by atoms with Gasteiger partial charge in [0.25, 0.3) is 0 Å². The third-order valence-corrected chi connectivity index (χ3v) is 4.91. The second kappa shape index (κ2) is 7.43. The van der Waals surface area contributed by atoms with Crippen LogP contribution in [-0.4, -0.2) is 48.4 Å². The Bertz CT molecular complexity index is 775. The minimum atomic E-state index is -1.02. The van der Waals surface area contributed by atoms with E-state index in [1.54, 1.807) is 30.3 Å². The molecule has 3 rings (SSSR count). The van der Waals surface area contributed by atoms with Gasteiger partial charge in [0, 0.05) is 12.3 Å². The van der Waals surface area contributed by atoms with E-state index in [0.717, 1.165) is 11.1 Å². The molecule has 0 spiro atoms. The second-order valence-electron chi connectivity index (χ2n) is 6.71. The van der Waals surface area contributed by atoms with Crippen molar-refractivity contribution in [1.82, 2.24) is 0 Å². The topological polar surface area (TPSA) is 88.4 Å². The summed E-state index contributed by atoms with van der Waals surface area (Å²) in [5.41, 5.74) is 0.797. The van der Waals surface area contributed by atoms with Crippen molar-refractivity contribution in [2.45, 2.75) is 18.4 Å². The summed E-state index contributed by atoms with van der Waals surface area (Å²) < 4.78 is 15.9. The summed E-state index contributed by atoms with van der Waals surface area (Å²) in [5.74, 6) is 0.846. The highest BCUT2D eigenvalue weighted by Crippen LogP contribution is 2.36. The largest absolute Gasteiger partial charge is 0.504 e. The van der Waals surface area contributed by atoms with E-state index in [-0.39, 0.29) is 24.0 Å². The quantitative estimate of drug-likeness (QED) is 0.732. The minimum Gasteiger partial charge on any atom is -0.504 e. The predicted octanol–water partition coefficient (Wildman–Crippen LogP) is 2.28. The summed E-state index contributed by atoms with van der Waals surface area (Å²) in [7, 11) is 3.00. The van der Waals surface area contributed by atoms with Crippen LogP contribution in [0.5, 0.6) is 23.0 Å². The molecule has 2 atom stereocenters. The van der Waals surface area contributed by atoms with Gasteiger partial charge in [0.05, 0.1) is 33.0 Å². The van der Waals surface area contributed by atoms with Crippen molar-refractivity contribution in [2.75, 3.05) is 27.4 Å². The van der Waals surface area contributed by atoms with Crippen molar-refractivity contribution in [2.24, 2.45) is 5.92 Å². The number of aliphatic hydroxyl groups is 1. The van der Waals surface area contributed by atoms with Crippen LogP contribution in [0.1, 0.15) is 11.1 Å². The van der Waals surface area contributed by atoms with Gasteiger partial charge in [0.15, 0.2) is 23.0 Å². The van der Waals surface area contributed by atoms with Gasteiger partial charge >= 0.3 is 0 Å². The van der Waals surface area contributed by atoms with Crippen molar-refractivity contribution in [1.29, 1.82) is 0 Å². The highest BCUT2D eigenvalue weighted by molar-refractivity contribution is 5.43. The maximum atomic E-state index is 11.2. The molecule has 2 aromatic rings. The van der Waals surface area contributed by atoms with Crippen LogP contribution in [0.3, 0.4) is 0 Å². The average Bonchev–Trinajstić information content (AvgIpc) is 2.98. The van der Waals surface area contributed by atoms with Crippen molar-refractivity contribution in [3.05, 3.63) is 47.5 Å². The van der Waals surface area contributed by atoms with E-state index >= 15 is 0 Å². The number of ether oxygens (including phenoxy) is 3. The maximum Gasteiger partial charge on any atom is 0.160 e. The predicted molar refractivity (Wildman–Crippen MR) is 96.0 cm³/mol. The van der Waals surface area contributed by atoms with Gasteiger partial charge < -0.3 is 29.5 Å². The molecule has 26 heavy (non-hydrogen) atoms. The highest BCUT2D eigenvalue weighted by atomic mass is 16.5. The molecule has 0 saturated carbocycles. The van der Waals surface area contributed by atoms with Crippen LogP contribution in [0.15, 0.2) is 36.4 Å². The molecule has 0 aliphatic carbocycles. The van der Waals surface area contributed by atoms with Gasteiger partial charge in [-0.15, -0.1) is 0 Å². The molecule has 1 saturated heterocycles. The van der Waals surface area contributed by atoms with Crippen LogP contribution >= 0.6 is 0 Å². The third kappa shape index (κ3) is 3.71. The Hall–Kier alpha value is -2.44. The first kappa shape index (κ1) is 18.4. The van der Waals surface area contributed by atoms with Crippen molar-refractivity contribution in [3.8, 4) is 23.0 Å². The van der Waals surface area contributed by atoms with Gasteiger partial charge in [-0.05, 0) is 41.8 Å². The number of phenolic OH excluding ortho intramolecular Hbond substituents is 2. The molecule has 3 N–H and O–H groups in total. The molecule has 0 bridgehead atoms. The molecule has 0 radical (unpaired) electrons. The zero-order valence-electron chi connectivity index (χ0n) is 14.9. The smallest absolute Gasteiger partial charge is 0.160 e. The molecule has 1 heterocycles. The molecule has 1 aliphatic heterocycles. The van der Waals surface area contributed by atoms with E-state index in [1.165, 1.54) is 14.2 Å². The number of methoxy groups -OCH3 is 2. The maximum absolute atomic E-state index is 11.2. The summed E-state index contributed by atoms with van der Waals surface area (Å²) in [6.45, 7) is 0.699. The van der Waals surface area contributed by atoms with Crippen molar-refractivity contribution >= 4 is 0 Å². The number of rotatable bonds is 6. The first-order valence-corrected chi connectivity index (χ1v) is 8.47. The van der Waals surface area contributed by atoms with E-state index < -0.39 is 5.60 Å².